The van der Waals surface area contributed by atoms with E-state index in [-0.39, 0.29) is 24.0 Å². The predicted octanol–water partition coefficient (Wildman–Crippen LogP) is 5.88. The largest absolute Gasteiger partial charge is 0.493 e. The molecule has 0 aromatic heterocycles. The number of carbonyl (C=O) groups excluding carboxylic acids is 1. The molecule has 0 fully saturated rings. The summed E-state index contributed by atoms with van der Waals surface area (Å²) in [5.74, 6) is 0.767. The highest BCUT2D eigenvalue weighted by molar-refractivity contribution is 6.12. The normalized spacial score (nSPS) is 14.4. The molecule has 0 amide bonds. The van der Waals surface area contributed by atoms with E-state index in [9.17, 15) is 9.18 Å². The van der Waals surface area contributed by atoms with Gasteiger partial charge in [-0.3, -0.25) is 0 Å². The number of nitrogens with zero attached hydrogens (tertiary/aromatic N) is 1. The lowest BCUT2D eigenvalue weighted by Gasteiger charge is -2.12. The molecule has 168 valence electrons. The second-order valence-corrected chi connectivity index (χ2v) is 7.90. The number of halogens is 1. The molecule has 0 N–H and O–H groups in total. The lowest BCUT2D eigenvalue weighted by atomic mass is 10.0. The molecule has 1 heterocycles. The van der Waals surface area contributed by atoms with Crippen molar-refractivity contribution in [3.05, 3.63) is 100 Å². The summed E-state index contributed by atoms with van der Waals surface area (Å²) in [6.45, 7) is 4.31. The number of rotatable bonds is 7. The van der Waals surface area contributed by atoms with E-state index in [4.69, 9.17) is 14.2 Å². The van der Waals surface area contributed by atoms with Gasteiger partial charge in [0.15, 0.2) is 17.2 Å². The Bertz CT molecular complexity index is 1230. The molecule has 3 aromatic rings. The van der Waals surface area contributed by atoms with Gasteiger partial charge in [-0.25, -0.2) is 14.2 Å². The van der Waals surface area contributed by atoms with E-state index in [1.807, 2.05) is 24.3 Å². The molecular weight excluding hydrogens is 421 g/mol. The molecule has 0 saturated carbocycles. The van der Waals surface area contributed by atoms with Crippen LogP contribution in [-0.2, 0) is 16.1 Å². The lowest BCUT2D eigenvalue weighted by molar-refractivity contribution is -0.129. The maximum atomic E-state index is 13.8. The average molecular weight is 445 g/mol. The molecule has 3 aromatic carbocycles. The highest BCUT2D eigenvalue weighted by Gasteiger charge is 2.24. The number of hydrogen-bond acceptors (Lipinski definition) is 5. The SMILES string of the molecule is COc1cc(/C=C2\N=C(c3ccc(C(C)C)cc3)OC2=O)ccc1OCc1ccccc1F. The highest BCUT2D eigenvalue weighted by Crippen LogP contribution is 2.31. The van der Waals surface area contributed by atoms with Gasteiger partial charge < -0.3 is 14.2 Å². The standard InChI is InChI=1S/C27H24FNO4/c1-17(2)19-9-11-20(12-10-19)26-29-23(27(30)33-26)14-18-8-13-24(25(15-18)31-3)32-16-21-6-4-5-7-22(21)28/h4-15,17H,16H2,1-3H3/b23-14-. The number of methoxy groups -OCH3 is 1. The summed E-state index contributed by atoms with van der Waals surface area (Å²) in [7, 11) is 1.52. The predicted molar refractivity (Wildman–Crippen MR) is 125 cm³/mol. The maximum Gasteiger partial charge on any atom is 0.363 e. The minimum absolute atomic E-state index is 0.0685. The van der Waals surface area contributed by atoms with Crippen molar-refractivity contribution < 1.29 is 23.4 Å². The summed E-state index contributed by atoms with van der Waals surface area (Å²) in [5, 5.41) is 0. The average Bonchev–Trinajstić information content (AvgIpc) is 3.19. The summed E-state index contributed by atoms with van der Waals surface area (Å²) >= 11 is 0. The third kappa shape index (κ3) is 5.12. The molecule has 5 nitrogen and oxygen atoms in total. The smallest absolute Gasteiger partial charge is 0.363 e. The number of aliphatic imine (C=N–C) groups is 1. The van der Waals surface area contributed by atoms with Crippen LogP contribution in [0.15, 0.2) is 77.4 Å². The molecule has 0 saturated heterocycles. The molecule has 0 spiro atoms. The van der Waals surface area contributed by atoms with Crippen molar-refractivity contribution in [2.45, 2.75) is 26.4 Å². The fraction of sp³-hybridized carbons (Fsp3) is 0.185. The van der Waals surface area contributed by atoms with Crippen LogP contribution in [0.2, 0.25) is 0 Å². The number of benzene rings is 3. The van der Waals surface area contributed by atoms with Crippen molar-refractivity contribution in [3.8, 4) is 11.5 Å². The Labute approximate surface area is 192 Å². The maximum absolute atomic E-state index is 13.8. The van der Waals surface area contributed by atoms with Crippen LogP contribution < -0.4 is 9.47 Å². The third-order valence-corrected chi connectivity index (χ3v) is 5.28. The zero-order valence-corrected chi connectivity index (χ0v) is 18.7. The van der Waals surface area contributed by atoms with Gasteiger partial charge >= 0.3 is 5.97 Å². The van der Waals surface area contributed by atoms with Crippen molar-refractivity contribution >= 4 is 17.9 Å². The Morgan fingerprint density at radius 1 is 1.03 bits per heavy atom. The summed E-state index contributed by atoms with van der Waals surface area (Å²) in [6.07, 6.45) is 1.63. The van der Waals surface area contributed by atoms with Crippen LogP contribution >= 0.6 is 0 Å². The van der Waals surface area contributed by atoms with Crippen LogP contribution in [0.25, 0.3) is 6.08 Å². The van der Waals surface area contributed by atoms with E-state index in [1.165, 1.54) is 18.7 Å². The monoisotopic (exact) mass is 445 g/mol. The van der Waals surface area contributed by atoms with Crippen LogP contribution in [0.4, 0.5) is 4.39 Å². The topological polar surface area (TPSA) is 57.1 Å². The Morgan fingerprint density at radius 3 is 2.48 bits per heavy atom. The Kier molecular flexibility index (Phi) is 6.54. The van der Waals surface area contributed by atoms with E-state index in [0.29, 0.717) is 28.5 Å². The van der Waals surface area contributed by atoms with Gasteiger partial charge in [0, 0.05) is 11.1 Å². The molecule has 0 aliphatic carbocycles. The Morgan fingerprint density at radius 2 is 1.79 bits per heavy atom. The van der Waals surface area contributed by atoms with E-state index >= 15 is 0 Å². The van der Waals surface area contributed by atoms with Crippen molar-refractivity contribution in [2.75, 3.05) is 7.11 Å². The number of cyclic esters (lactones) is 1. The molecule has 0 atom stereocenters. The van der Waals surface area contributed by atoms with Crippen LogP contribution in [0.5, 0.6) is 11.5 Å². The van der Waals surface area contributed by atoms with Crippen molar-refractivity contribution in [1.29, 1.82) is 0 Å². The van der Waals surface area contributed by atoms with Crippen LogP contribution in [0.1, 0.15) is 42.0 Å². The summed E-state index contributed by atoms with van der Waals surface area (Å²) in [5.41, 5.74) is 3.27. The second kappa shape index (κ2) is 9.69. The van der Waals surface area contributed by atoms with Gasteiger partial charge in [0.2, 0.25) is 5.90 Å². The quantitative estimate of drug-likeness (QED) is 0.337. The first-order chi connectivity index (χ1) is 15.9. The van der Waals surface area contributed by atoms with E-state index < -0.39 is 5.97 Å². The van der Waals surface area contributed by atoms with Gasteiger partial charge in [0.05, 0.1) is 7.11 Å². The lowest BCUT2D eigenvalue weighted by Crippen LogP contribution is -2.05. The van der Waals surface area contributed by atoms with Gasteiger partial charge in [-0.1, -0.05) is 50.2 Å². The first-order valence-electron chi connectivity index (χ1n) is 10.6. The van der Waals surface area contributed by atoms with Gasteiger partial charge in [0.25, 0.3) is 0 Å². The fourth-order valence-corrected chi connectivity index (χ4v) is 3.37. The van der Waals surface area contributed by atoms with Crippen molar-refractivity contribution in [2.24, 2.45) is 4.99 Å². The van der Waals surface area contributed by atoms with Gasteiger partial charge in [-0.2, -0.15) is 0 Å². The highest BCUT2D eigenvalue weighted by atomic mass is 19.1. The molecule has 1 aliphatic rings. The number of ether oxygens (including phenoxy) is 3. The molecule has 33 heavy (non-hydrogen) atoms. The number of hydrogen-bond donors (Lipinski definition) is 0. The molecule has 4 rings (SSSR count). The summed E-state index contributed by atoms with van der Waals surface area (Å²) in [6, 6.07) is 19.4. The minimum Gasteiger partial charge on any atom is -0.493 e. The van der Waals surface area contributed by atoms with E-state index in [1.54, 1.807) is 42.5 Å². The van der Waals surface area contributed by atoms with E-state index in [2.05, 4.69) is 18.8 Å². The molecule has 1 aliphatic heterocycles. The number of carbonyl (C=O) groups is 1. The van der Waals surface area contributed by atoms with Crippen molar-refractivity contribution in [1.82, 2.24) is 0 Å². The van der Waals surface area contributed by atoms with Gasteiger partial charge in [0.1, 0.15) is 12.4 Å². The molecule has 6 heteroatoms. The Hall–Kier alpha value is -3.93. The van der Waals surface area contributed by atoms with Crippen LogP contribution in [0, 0.1) is 5.82 Å². The molecular formula is C27H24FNO4. The molecule has 0 unspecified atom stereocenters. The molecule has 0 radical (unpaired) electrons. The number of esters is 1. The van der Waals surface area contributed by atoms with Crippen LogP contribution in [0.3, 0.4) is 0 Å². The second-order valence-electron chi connectivity index (χ2n) is 7.90. The van der Waals surface area contributed by atoms with Crippen LogP contribution in [-0.4, -0.2) is 19.0 Å². The summed E-state index contributed by atoms with van der Waals surface area (Å²) < 4.78 is 30.4. The zero-order chi connectivity index (χ0) is 23.4. The Balaban J connectivity index is 1.53. The van der Waals surface area contributed by atoms with Gasteiger partial charge in [-0.05, 0) is 53.5 Å². The fourth-order valence-electron chi connectivity index (χ4n) is 3.37. The van der Waals surface area contributed by atoms with Gasteiger partial charge in [-0.15, -0.1) is 0 Å². The minimum atomic E-state index is -0.517. The van der Waals surface area contributed by atoms with Crippen molar-refractivity contribution in [3.63, 3.8) is 0 Å². The summed E-state index contributed by atoms with van der Waals surface area (Å²) in [4.78, 5) is 16.7. The first-order valence-corrected chi connectivity index (χ1v) is 10.6. The third-order valence-electron chi connectivity index (χ3n) is 5.28. The zero-order valence-electron chi connectivity index (χ0n) is 18.7. The van der Waals surface area contributed by atoms with E-state index in [0.717, 1.165) is 5.56 Å². The molecule has 0 bridgehead atoms. The first kappa shape index (κ1) is 22.3.